The molecule has 2 aromatic carbocycles. The third-order valence-electron chi connectivity index (χ3n) is 6.64. The molecule has 0 radical (unpaired) electrons. The molecular weight excluding hydrogens is 537 g/mol. The normalized spacial score (nSPS) is 13.7. The molecule has 4 rings (SSSR count). The van der Waals surface area contributed by atoms with E-state index in [2.05, 4.69) is 14.7 Å². The number of aromatic amines is 1. The summed E-state index contributed by atoms with van der Waals surface area (Å²) < 4.78 is 75.3. The summed E-state index contributed by atoms with van der Waals surface area (Å²) >= 11 is 0. The Hall–Kier alpha value is -4.13. The van der Waals surface area contributed by atoms with Gasteiger partial charge in [-0.05, 0) is 43.2 Å². The van der Waals surface area contributed by atoms with Crippen molar-refractivity contribution in [2.45, 2.75) is 31.9 Å². The number of ether oxygens (including phenoxy) is 1. The summed E-state index contributed by atoms with van der Waals surface area (Å²) in [7, 11) is -2.23. The van der Waals surface area contributed by atoms with E-state index in [1.165, 1.54) is 44.6 Å². The van der Waals surface area contributed by atoms with Crippen molar-refractivity contribution in [1.82, 2.24) is 14.5 Å². The molecule has 0 aliphatic carbocycles. The highest BCUT2D eigenvalue weighted by atomic mass is 32.2. The lowest BCUT2D eigenvalue weighted by Crippen LogP contribution is -2.39. The van der Waals surface area contributed by atoms with Crippen LogP contribution < -0.4 is 20.7 Å². The van der Waals surface area contributed by atoms with Crippen LogP contribution in [0.3, 0.4) is 0 Å². The maximum absolute atomic E-state index is 14.4. The van der Waals surface area contributed by atoms with Gasteiger partial charge in [0.2, 0.25) is 10.0 Å². The van der Waals surface area contributed by atoms with Gasteiger partial charge in [-0.1, -0.05) is 19.1 Å². The van der Waals surface area contributed by atoms with Crippen LogP contribution in [0.4, 0.5) is 18.9 Å². The first-order valence-corrected chi connectivity index (χ1v) is 13.6. The van der Waals surface area contributed by atoms with Crippen molar-refractivity contribution in [2.75, 3.05) is 18.1 Å². The molecule has 39 heavy (non-hydrogen) atoms. The lowest BCUT2D eigenvalue weighted by Gasteiger charge is -2.33. The molecule has 0 fully saturated rings. The number of nitrogens with one attached hydrogen (secondary N) is 2. The van der Waals surface area contributed by atoms with Crippen molar-refractivity contribution in [1.29, 1.82) is 0 Å². The molecule has 1 unspecified atom stereocenters. The number of pyridine rings is 1. The topological polar surface area (TPSA) is 123 Å². The summed E-state index contributed by atoms with van der Waals surface area (Å²) in [6.45, 7) is 2.46. The van der Waals surface area contributed by atoms with Crippen LogP contribution in [-0.4, -0.2) is 42.5 Å². The van der Waals surface area contributed by atoms with E-state index in [9.17, 15) is 31.2 Å². The number of benzene rings is 2. The highest BCUT2D eigenvalue weighted by Gasteiger charge is 2.52. The Morgan fingerprint density at radius 1 is 1.08 bits per heavy atom. The molecule has 0 spiro atoms. The first-order chi connectivity index (χ1) is 18.2. The van der Waals surface area contributed by atoms with Crippen LogP contribution in [-0.2, 0) is 15.4 Å². The fourth-order valence-corrected chi connectivity index (χ4v) is 4.89. The minimum Gasteiger partial charge on any atom is -0.496 e. The first-order valence-electron chi connectivity index (χ1n) is 11.7. The predicted octanol–water partition coefficient (Wildman–Crippen LogP) is 4.35. The van der Waals surface area contributed by atoms with Crippen molar-refractivity contribution in [2.24, 2.45) is 0 Å². The van der Waals surface area contributed by atoms with Gasteiger partial charge in [0.25, 0.3) is 5.56 Å². The standard InChI is InChI=1S/C26H25F3N4O5S/c1-5-25(2,26(27,28)29)19-13-20(33-11-10-21(34)31-24(33)35)22-18(23(19)38-3)12-16(14-30-22)15-6-8-17(9-7-15)32-39(4,36)37/h6-14,32H,5H2,1-4H3,(H,31,34,35). The summed E-state index contributed by atoms with van der Waals surface area (Å²) in [6, 6.07) is 10.2. The lowest BCUT2D eigenvalue weighted by atomic mass is 9.77. The number of anilines is 1. The highest BCUT2D eigenvalue weighted by molar-refractivity contribution is 7.92. The monoisotopic (exact) mass is 562 g/mol. The number of rotatable bonds is 7. The Bertz CT molecular complexity index is 1780. The third kappa shape index (κ3) is 5.26. The Labute approximate surface area is 221 Å². The predicted molar refractivity (Wildman–Crippen MR) is 142 cm³/mol. The number of sulfonamides is 1. The second-order valence-electron chi connectivity index (χ2n) is 9.21. The minimum atomic E-state index is -4.66. The van der Waals surface area contributed by atoms with E-state index in [-0.39, 0.29) is 34.3 Å². The number of H-pyrrole nitrogens is 1. The molecule has 9 nitrogen and oxygen atoms in total. The number of halogens is 3. The SMILES string of the molecule is CCC(C)(c1cc(-n2ccc(=O)[nH]c2=O)c2ncc(-c3ccc(NS(C)(=O)=O)cc3)cc2c1OC)C(F)(F)F. The number of fused-ring (bicyclic) bond motifs is 1. The molecule has 2 N–H and O–H groups in total. The number of hydrogen-bond acceptors (Lipinski definition) is 6. The molecule has 0 amide bonds. The van der Waals surface area contributed by atoms with Crippen molar-refractivity contribution in [3.8, 4) is 22.6 Å². The van der Waals surface area contributed by atoms with Crippen LogP contribution in [0.2, 0.25) is 0 Å². The van der Waals surface area contributed by atoms with E-state index in [0.717, 1.165) is 23.8 Å². The first kappa shape index (κ1) is 27.9. The lowest BCUT2D eigenvalue weighted by molar-refractivity contribution is -0.186. The van der Waals surface area contributed by atoms with Gasteiger partial charge in [-0.2, -0.15) is 13.2 Å². The van der Waals surface area contributed by atoms with Gasteiger partial charge in [-0.15, -0.1) is 0 Å². The molecule has 2 aromatic heterocycles. The van der Waals surface area contributed by atoms with Crippen molar-refractivity contribution >= 4 is 26.6 Å². The van der Waals surface area contributed by atoms with Crippen LogP contribution in [0.5, 0.6) is 5.75 Å². The summed E-state index contributed by atoms with van der Waals surface area (Å²) in [5.41, 5.74) is -2.40. The highest BCUT2D eigenvalue weighted by Crippen LogP contribution is 2.49. The van der Waals surface area contributed by atoms with Crippen molar-refractivity contribution < 1.29 is 26.3 Å². The van der Waals surface area contributed by atoms with Gasteiger partial charge in [-0.25, -0.2) is 13.2 Å². The van der Waals surface area contributed by atoms with Gasteiger partial charge >= 0.3 is 11.9 Å². The van der Waals surface area contributed by atoms with Gasteiger partial charge in [0.15, 0.2) is 0 Å². The van der Waals surface area contributed by atoms with Crippen LogP contribution >= 0.6 is 0 Å². The van der Waals surface area contributed by atoms with Crippen LogP contribution in [0.25, 0.3) is 27.7 Å². The number of aromatic nitrogens is 3. The maximum atomic E-state index is 14.4. The summed E-state index contributed by atoms with van der Waals surface area (Å²) in [5, 5.41) is 0.211. The third-order valence-corrected chi connectivity index (χ3v) is 7.24. The van der Waals surface area contributed by atoms with E-state index in [0.29, 0.717) is 16.8 Å². The van der Waals surface area contributed by atoms with E-state index in [4.69, 9.17) is 4.74 Å². The number of nitrogens with zero attached hydrogens (tertiary/aromatic N) is 2. The largest absolute Gasteiger partial charge is 0.496 e. The van der Waals surface area contributed by atoms with Crippen LogP contribution in [0, 0.1) is 0 Å². The quantitative estimate of drug-likeness (QED) is 0.345. The Balaban J connectivity index is 2.05. The number of methoxy groups -OCH3 is 1. The zero-order chi connectivity index (χ0) is 28.8. The molecule has 1 atom stereocenters. The second kappa shape index (κ2) is 9.88. The molecule has 0 aliphatic rings. The maximum Gasteiger partial charge on any atom is 0.398 e. The zero-order valence-corrected chi connectivity index (χ0v) is 22.2. The fraction of sp³-hybridized carbons (Fsp3) is 0.269. The smallest absolute Gasteiger partial charge is 0.398 e. The Kier molecular flexibility index (Phi) is 7.06. The van der Waals surface area contributed by atoms with Gasteiger partial charge in [-0.3, -0.25) is 24.1 Å². The van der Waals surface area contributed by atoms with Gasteiger partial charge in [0.1, 0.15) is 5.75 Å². The van der Waals surface area contributed by atoms with Gasteiger partial charge in [0.05, 0.1) is 30.0 Å². The van der Waals surface area contributed by atoms with Crippen molar-refractivity contribution in [3.63, 3.8) is 0 Å². The summed E-state index contributed by atoms with van der Waals surface area (Å²) in [5.74, 6) is -0.0578. The molecular formula is C26H25F3N4O5S. The molecule has 2 heterocycles. The molecule has 0 aliphatic heterocycles. The average Bonchev–Trinajstić information content (AvgIpc) is 2.86. The van der Waals surface area contributed by atoms with Crippen LogP contribution in [0.1, 0.15) is 25.8 Å². The molecule has 206 valence electrons. The Morgan fingerprint density at radius 2 is 1.74 bits per heavy atom. The van der Waals surface area contributed by atoms with Crippen molar-refractivity contribution in [3.05, 3.63) is 81.3 Å². The van der Waals surface area contributed by atoms with E-state index >= 15 is 0 Å². The molecule has 0 saturated heterocycles. The summed E-state index contributed by atoms with van der Waals surface area (Å²) in [4.78, 5) is 30.9. The van der Waals surface area contributed by atoms with Crippen LogP contribution in [0.15, 0.2) is 64.4 Å². The zero-order valence-electron chi connectivity index (χ0n) is 21.4. The average molecular weight is 563 g/mol. The molecule has 4 aromatic rings. The van der Waals surface area contributed by atoms with E-state index in [1.807, 2.05) is 0 Å². The minimum absolute atomic E-state index is 0.0326. The summed E-state index contributed by atoms with van der Waals surface area (Å²) in [6.07, 6.45) is -1.31. The van der Waals surface area contributed by atoms with E-state index in [1.54, 1.807) is 18.2 Å². The van der Waals surface area contributed by atoms with E-state index < -0.39 is 32.9 Å². The number of hydrogen-bond donors (Lipinski definition) is 2. The number of alkyl halides is 3. The van der Waals surface area contributed by atoms with Gasteiger partial charge < -0.3 is 4.74 Å². The fourth-order valence-electron chi connectivity index (χ4n) is 4.32. The Morgan fingerprint density at radius 3 is 2.28 bits per heavy atom. The molecule has 13 heteroatoms. The molecule has 0 saturated carbocycles. The second-order valence-corrected chi connectivity index (χ2v) is 11.0. The van der Waals surface area contributed by atoms with Gasteiger partial charge in [0, 0.05) is 40.7 Å². The molecule has 0 bridgehead atoms.